The number of aliphatic imine (C=N–C) groups is 1. The molecule has 7 heteroatoms. The molecule has 2 N–H and O–H groups in total. The monoisotopic (exact) mass is 524 g/mol. The molecule has 1 aliphatic heterocycles. The van der Waals surface area contributed by atoms with E-state index in [2.05, 4.69) is 82.5 Å². The van der Waals surface area contributed by atoms with Gasteiger partial charge in [-0.1, -0.05) is 30.3 Å². The second-order valence-corrected chi connectivity index (χ2v) is 8.11. The molecule has 0 spiro atoms. The second-order valence-electron chi connectivity index (χ2n) is 8.11. The molecule has 0 radical (unpaired) electrons. The molecule has 1 aliphatic rings. The summed E-state index contributed by atoms with van der Waals surface area (Å²) < 4.78 is 2.07. The summed E-state index contributed by atoms with van der Waals surface area (Å²) in [6, 6.07) is 13.9. The summed E-state index contributed by atoms with van der Waals surface area (Å²) in [6.07, 6.45) is 2.13. The van der Waals surface area contributed by atoms with Crippen molar-refractivity contribution in [1.82, 2.24) is 25.3 Å². The summed E-state index contributed by atoms with van der Waals surface area (Å²) in [5.74, 6) is 0.930. The number of hydrogen-bond donors (Lipinski definition) is 2. The summed E-state index contributed by atoms with van der Waals surface area (Å²) >= 11 is 0. The predicted octanol–water partition coefficient (Wildman–Crippen LogP) is 3.73. The zero-order valence-electron chi connectivity index (χ0n) is 18.8. The smallest absolute Gasteiger partial charge is 0.191 e. The van der Waals surface area contributed by atoms with E-state index in [-0.39, 0.29) is 24.0 Å². The molecule has 0 saturated carbocycles. The van der Waals surface area contributed by atoms with E-state index in [9.17, 15) is 0 Å². The average Bonchev–Trinajstić information content (AvgIpc) is 3.20. The lowest BCUT2D eigenvalue weighted by atomic mass is 10.2. The van der Waals surface area contributed by atoms with Crippen molar-refractivity contribution in [3.8, 4) is 0 Å². The maximum atomic E-state index is 4.80. The van der Waals surface area contributed by atoms with Gasteiger partial charge >= 0.3 is 0 Å². The molecule has 2 heterocycles. The first kappa shape index (κ1) is 24.7. The van der Waals surface area contributed by atoms with Crippen LogP contribution in [0, 0.1) is 13.8 Å². The molecule has 2 atom stereocenters. The van der Waals surface area contributed by atoms with Crippen molar-refractivity contribution in [2.45, 2.75) is 65.7 Å². The van der Waals surface area contributed by atoms with Crippen LogP contribution in [0.4, 0.5) is 0 Å². The largest absolute Gasteiger partial charge is 0.357 e. The normalized spacial score (nSPS) is 19.5. The first-order chi connectivity index (χ1) is 14.0. The molecule has 166 valence electrons. The molecule has 1 saturated heterocycles. The van der Waals surface area contributed by atoms with Crippen LogP contribution in [-0.2, 0) is 13.1 Å². The number of guanidine groups is 1. The van der Waals surface area contributed by atoms with Crippen LogP contribution in [0.5, 0.6) is 0 Å². The molecule has 1 aromatic carbocycles. The van der Waals surface area contributed by atoms with Crippen molar-refractivity contribution >= 4 is 29.9 Å². The maximum absolute atomic E-state index is 4.80. The third kappa shape index (κ3) is 7.27. The predicted molar refractivity (Wildman–Crippen MR) is 136 cm³/mol. The zero-order chi connectivity index (χ0) is 20.6. The van der Waals surface area contributed by atoms with Gasteiger partial charge in [-0.15, -0.1) is 24.0 Å². The Balaban J connectivity index is 0.00000320. The Labute approximate surface area is 198 Å². The van der Waals surface area contributed by atoms with Gasteiger partial charge < -0.3 is 10.6 Å². The lowest BCUT2D eigenvalue weighted by molar-refractivity contribution is 0.258. The Morgan fingerprint density at radius 3 is 2.67 bits per heavy atom. The molecular weight excluding hydrogens is 487 g/mol. The van der Waals surface area contributed by atoms with Crippen molar-refractivity contribution < 1.29 is 0 Å². The fourth-order valence-electron chi connectivity index (χ4n) is 4.07. The maximum Gasteiger partial charge on any atom is 0.191 e. The SMILES string of the molecule is CCNC(=NCCCn1nc(C)cc1C)NC1CC(C)N(Cc2ccccc2)C1.I. The number of likely N-dealkylation sites (tertiary alicyclic amines) is 1. The highest BCUT2D eigenvalue weighted by Gasteiger charge is 2.29. The van der Waals surface area contributed by atoms with Crippen LogP contribution < -0.4 is 10.6 Å². The van der Waals surface area contributed by atoms with Gasteiger partial charge in [0.1, 0.15) is 0 Å². The fraction of sp³-hybridized carbons (Fsp3) is 0.565. The van der Waals surface area contributed by atoms with Gasteiger partial charge in [0, 0.05) is 50.5 Å². The van der Waals surface area contributed by atoms with Crippen LogP contribution in [0.1, 0.15) is 43.6 Å². The van der Waals surface area contributed by atoms with Crippen LogP contribution in [-0.4, -0.2) is 52.4 Å². The van der Waals surface area contributed by atoms with E-state index in [0.717, 1.165) is 57.2 Å². The summed E-state index contributed by atoms with van der Waals surface area (Å²) in [6.45, 7) is 13.2. The Bertz CT molecular complexity index is 788. The van der Waals surface area contributed by atoms with Crippen molar-refractivity contribution in [1.29, 1.82) is 0 Å². The van der Waals surface area contributed by atoms with Crippen molar-refractivity contribution in [3.05, 3.63) is 53.3 Å². The Morgan fingerprint density at radius 2 is 2.00 bits per heavy atom. The summed E-state index contributed by atoms with van der Waals surface area (Å²) in [5, 5.41) is 11.6. The minimum atomic E-state index is 0. The minimum Gasteiger partial charge on any atom is -0.357 e. The second kappa shape index (κ2) is 12.3. The van der Waals surface area contributed by atoms with Crippen LogP contribution in [0.25, 0.3) is 0 Å². The van der Waals surface area contributed by atoms with Gasteiger partial charge in [-0.25, -0.2) is 0 Å². The van der Waals surface area contributed by atoms with E-state index < -0.39 is 0 Å². The lowest BCUT2D eigenvalue weighted by Gasteiger charge is -2.21. The number of benzene rings is 1. The standard InChI is InChI=1S/C23H36N6.HI/c1-5-24-23(25-12-9-13-29-20(4)14-18(2)27-29)26-22-15-19(3)28(17-22)16-21-10-7-6-8-11-21;/h6-8,10-11,14,19,22H,5,9,12-13,15-17H2,1-4H3,(H2,24,25,26);1H. The van der Waals surface area contributed by atoms with Gasteiger partial charge in [0.05, 0.1) is 5.69 Å². The van der Waals surface area contributed by atoms with E-state index in [1.165, 1.54) is 11.3 Å². The zero-order valence-corrected chi connectivity index (χ0v) is 21.1. The number of nitrogens with one attached hydrogen (secondary N) is 2. The Hall–Kier alpha value is -1.61. The van der Waals surface area contributed by atoms with E-state index in [1.807, 2.05) is 6.92 Å². The van der Waals surface area contributed by atoms with Gasteiger partial charge in [0.15, 0.2) is 5.96 Å². The summed E-state index contributed by atoms with van der Waals surface area (Å²) in [7, 11) is 0. The number of aryl methyl sites for hydroxylation is 3. The first-order valence-electron chi connectivity index (χ1n) is 10.9. The number of nitrogens with zero attached hydrogens (tertiary/aromatic N) is 4. The molecule has 0 bridgehead atoms. The Kier molecular flexibility index (Phi) is 10.1. The number of hydrogen-bond acceptors (Lipinski definition) is 3. The van der Waals surface area contributed by atoms with Gasteiger partial charge in [-0.3, -0.25) is 14.6 Å². The van der Waals surface area contributed by atoms with E-state index in [0.29, 0.717) is 12.1 Å². The van der Waals surface area contributed by atoms with Gasteiger partial charge in [-0.2, -0.15) is 5.10 Å². The van der Waals surface area contributed by atoms with E-state index >= 15 is 0 Å². The van der Waals surface area contributed by atoms with Gasteiger partial charge in [-0.05, 0) is 52.2 Å². The van der Waals surface area contributed by atoms with Gasteiger partial charge in [0.25, 0.3) is 0 Å². The van der Waals surface area contributed by atoms with Crippen molar-refractivity contribution in [2.24, 2.45) is 4.99 Å². The lowest BCUT2D eigenvalue weighted by Crippen LogP contribution is -2.44. The van der Waals surface area contributed by atoms with Crippen LogP contribution in [0.15, 0.2) is 41.4 Å². The third-order valence-electron chi connectivity index (χ3n) is 5.52. The van der Waals surface area contributed by atoms with Crippen molar-refractivity contribution in [3.63, 3.8) is 0 Å². The molecule has 0 aliphatic carbocycles. The fourth-order valence-corrected chi connectivity index (χ4v) is 4.07. The van der Waals surface area contributed by atoms with Crippen LogP contribution >= 0.6 is 24.0 Å². The van der Waals surface area contributed by atoms with Crippen molar-refractivity contribution in [2.75, 3.05) is 19.6 Å². The third-order valence-corrected chi connectivity index (χ3v) is 5.52. The molecule has 1 fully saturated rings. The molecular formula is C23H37IN6. The summed E-state index contributed by atoms with van der Waals surface area (Å²) in [4.78, 5) is 7.35. The summed E-state index contributed by atoms with van der Waals surface area (Å²) in [5.41, 5.74) is 3.68. The molecule has 3 rings (SSSR count). The molecule has 2 unspecified atom stereocenters. The van der Waals surface area contributed by atoms with Gasteiger partial charge in [0.2, 0.25) is 0 Å². The topological polar surface area (TPSA) is 57.5 Å². The number of halogens is 1. The highest BCUT2D eigenvalue weighted by atomic mass is 127. The number of rotatable bonds is 8. The molecule has 6 nitrogen and oxygen atoms in total. The van der Waals surface area contributed by atoms with Crippen LogP contribution in [0.2, 0.25) is 0 Å². The van der Waals surface area contributed by atoms with E-state index in [1.54, 1.807) is 0 Å². The highest BCUT2D eigenvalue weighted by molar-refractivity contribution is 14.0. The highest BCUT2D eigenvalue weighted by Crippen LogP contribution is 2.20. The molecule has 1 aromatic heterocycles. The quantitative estimate of drug-likeness (QED) is 0.239. The van der Waals surface area contributed by atoms with E-state index in [4.69, 9.17) is 4.99 Å². The number of aromatic nitrogens is 2. The molecule has 30 heavy (non-hydrogen) atoms. The molecule has 0 amide bonds. The first-order valence-corrected chi connectivity index (χ1v) is 10.9. The Morgan fingerprint density at radius 1 is 1.23 bits per heavy atom. The van der Waals surface area contributed by atoms with Crippen LogP contribution in [0.3, 0.4) is 0 Å². The molecule has 2 aromatic rings. The minimum absolute atomic E-state index is 0. The average molecular weight is 524 g/mol.